The van der Waals surface area contributed by atoms with E-state index in [1.54, 1.807) is 0 Å². The molecule has 1 aliphatic carbocycles. The van der Waals surface area contributed by atoms with Crippen molar-refractivity contribution in [2.24, 2.45) is 5.41 Å². The molecule has 4 nitrogen and oxygen atoms in total. The van der Waals surface area contributed by atoms with E-state index in [1.807, 2.05) is 63.2 Å². The van der Waals surface area contributed by atoms with E-state index in [4.69, 9.17) is 11.6 Å². The summed E-state index contributed by atoms with van der Waals surface area (Å²) in [4.78, 5) is 26.9. The van der Waals surface area contributed by atoms with Gasteiger partial charge in [0.1, 0.15) is 0 Å². The van der Waals surface area contributed by atoms with Crippen molar-refractivity contribution in [2.75, 3.05) is 5.32 Å². The topological polar surface area (TPSA) is 58.2 Å². The van der Waals surface area contributed by atoms with Gasteiger partial charge in [-0.3, -0.25) is 9.59 Å². The van der Waals surface area contributed by atoms with Gasteiger partial charge in [0.05, 0.1) is 0 Å². The molecule has 5 heteroatoms. The van der Waals surface area contributed by atoms with E-state index in [1.165, 1.54) is 0 Å². The molecule has 0 fully saturated rings. The van der Waals surface area contributed by atoms with E-state index in [0.29, 0.717) is 22.6 Å². The summed E-state index contributed by atoms with van der Waals surface area (Å²) in [6.07, 6.45) is 1.23. The summed E-state index contributed by atoms with van der Waals surface area (Å²) < 4.78 is 0. The van der Waals surface area contributed by atoms with Crippen molar-refractivity contribution in [3.8, 4) is 0 Å². The molecule has 2 aliphatic rings. The van der Waals surface area contributed by atoms with E-state index < -0.39 is 5.92 Å². The lowest BCUT2D eigenvalue weighted by atomic mass is 9.68. The van der Waals surface area contributed by atoms with Crippen LogP contribution < -0.4 is 10.6 Å². The van der Waals surface area contributed by atoms with E-state index in [9.17, 15) is 9.59 Å². The highest BCUT2D eigenvalue weighted by Crippen LogP contribution is 2.46. The molecule has 4 rings (SSSR count). The Morgan fingerprint density at radius 2 is 1.75 bits per heavy atom. The van der Waals surface area contributed by atoms with Crippen LogP contribution in [-0.4, -0.2) is 11.7 Å². The number of halogens is 1. The van der Waals surface area contributed by atoms with Crippen LogP contribution in [0.4, 0.5) is 5.69 Å². The van der Waals surface area contributed by atoms with Gasteiger partial charge in [-0.25, -0.2) is 0 Å². The number of nitrogens with one attached hydrogen (secondary N) is 2. The smallest absolute Gasteiger partial charge is 0.254 e. The third kappa shape index (κ3) is 4.24. The summed E-state index contributed by atoms with van der Waals surface area (Å²) in [7, 11) is 0. The van der Waals surface area contributed by atoms with E-state index in [2.05, 4.69) is 24.5 Å². The number of hydrogen-bond acceptors (Lipinski definition) is 3. The van der Waals surface area contributed by atoms with Gasteiger partial charge in [0.25, 0.3) is 5.91 Å². The lowest BCUT2D eigenvalue weighted by Gasteiger charge is -2.39. The molecule has 32 heavy (non-hydrogen) atoms. The SMILES string of the molecule is CC1=C(C(=O)Nc2ccc(C)cc2C)[C@@H](c2ccc(Cl)cc2)C2=C(CC(C)(C)CC2=O)N1. The van der Waals surface area contributed by atoms with Crippen molar-refractivity contribution in [3.05, 3.63) is 86.7 Å². The maximum absolute atomic E-state index is 13.6. The van der Waals surface area contributed by atoms with E-state index in [-0.39, 0.29) is 17.1 Å². The summed E-state index contributed by atoms with van der Waals surface area (Å²) in [6, 6.07) is 13.4. The number of ketones is 1. The summed E-state index contributed by atoms with van der Waals surface area (Å²) in [5, 5.41) is 7.11. The minimum Gasteiger partial charge on any atom is -0.362 e. The molecule has 1 amide bonds. The molecule has 2 N–H and O–H groups in total. The molecule has 0 unspecified atom stereocenters. The number of benzene rings is 2. The zero-order valence-corrected chi connectivity index (χ0v) is 20.0. The highest BCUT2D eigenvalue weighted by Gasteiger charge is 2.42. The van der Waals surface area contributed by atoms with Gasteiger partial charge < -0.3 is 10.6 Å². The maximum Gasteiger partial charge on any atom is 0.254 e. The Kier molecular flexibility index (Phi) is 5.76. The Morgan fingerprint density at radius 3 is 2.41 bits per heavy atom. The molecule has 166 valence electrons. The first-order chi connectivity index (χ1) is 15.1. The first-order valence-corrected chi connectivity index (χ1v) is 11.3. The van der Waals surface area contributed by atoms with Crippen LogP contribution in [0.15, 0.2) is 65.0 Å². The van der Waals surface area contributed by atoms with Crippen LogP contribution in [0.3, 0.4) is 0 Å². The third-order valence-corrected chi connectivity index (χ3v) is 6.57. The summed E-state index contributed by atoms with van der Waals surface area (Å²) in [5.74, 6) is -0.544. The second-order valence-corrected chi connectivity index (χ2v) is 10.2. The van der Waals surface area contributed by atoms with Gasteiger partial charge in [-0.05, 0) is 61.9 Å². The maximum atomic E-state index is 13.6. The van der Waals surface area contributed by atoms with Gasteiger partial charge in [-0.2, -0.15) is 0 Å². The molecular weight excluding hydrogens is 420 g/mol. The van der Waals surface area contributed by atoms with Crippen molar-refractivity contribution in [3.63, 3.8) is 0 Å². The van der Waals surface area contributed by atoms with Gasteiger partial charge >= 0.3 is 0 Å². The number of Topliss-reactive ketones (excluding diaryl/α,β-unsaturated/α-hetero) is 1. The Bertz CT molecular complexity index is 1170. The minimum atomic E-state index is -0.433. The van der Waals surface area contributed by atoms with Crippen molar-refractivity contribution >= 4 is 29.0 Å². The Morgan fingerprint density at radius 1 is 1.06 bits per heavy atom. The monoisotopic (exact) mass is 448 g/mol. The average molecular weight is 449 g/mol. The van der Waals surface area contributed by atoms with Crippen molar-refractivity contribution in [1.82, 2.24) is 5.32 Å². The fraction of sp³-hybridized carbons (Fsp3) is 0.333. The van der Waals surface area contributed by atoms with Gasteiger partial charge in [0.2, 0.25) is 0 Å². The molecule has 0 bridgehead atoms. The Balaban J connectivity index is 1.80. The van der Waals surface area contributed by atoms with Crippen LogP contribution in [-0.2, 0) is 9.59 Å². The summed E-state index contributed by atoms with van der Waals surface area (Å²) >= 11 is 6.14. The second kappa shape index (κ2) is 8.25. The number of carbonyl (C=O) groups is 2. The van der Waals surface area contributed by atoms with Gasteiger partial charge in [0, 0.05) is 45.6 Å². The van der Waals surface area contributed by atoms with Crippen LogP contribution in [0, 0.1) is 19.3 Å². The van der Waals surface area contributed by atoms with Gasteiger partial charge in [-0.1, -0.05) is 55.3 Å². The molecule has 0 aromatic heterocycles. The molecule has 2 aromatic rings. The van der Waals surface area contributed by atoms with Crippen molar-refractivity contribution in [2.45, 2.75) is 53.4 Å². The first-order valence-electron chi connectivity index (χ1n) is 10.9. The number of anilines is 1. The van der Waals surface area contributed by atoms with E-state index in [0.717, 1.165) is 40.2 Å². The molecular formula is C27H29ClN2O2. The number of aryl methyl sites for hydroxylation is 2. The number of dihydropyridines is 1. The molecule has 1 atom stereocenters. The normalized spacial score (nSPS) is 20.1. The van der Waals surface area contributed by atoms with E-state index >= 15 is 0 Å². The molecule has 2 aromatic carbocycles. The zero-order chi connectivity index (χ0) is 23.2. The largest absolute Gasteiger partial charge is 0.362 e. The first kappa shape index (κ1) is 22.3. The lowest BCUT2D eigenvalue weighted by molar-refractivity contribution is -0.118. The number of hydrogen-bond donors (Lipinski definition) is 2. The molecule has 1 heterocycles. The molecule has 0 spiro atoms. The summed E-state index contributed by atoms with van der Waals surface area (Å²) in [6.45, 7) is 10.1. The van der Waals surface area contributed by atoms with Crippen molar-refractivity contribution in [1.29, 1.82) is 0 Å². The molecule has 0 saturated heterocycles. The number of carbonyl (C=O) groups excluding carboxylic acids is 2. The van der Waals surface area contributed by atoms with Gasteiger partial charge in [0.15, 0.2) is 5.78 Å². The number of amides is 1. The van der Waals surface area contributed by atoms with Crippen molar-refractivity contribution < 1.29 is 9.59 Å². The fourth-order valence-corrected chi connectivity index (χ4v) is 5.00. The zero-order valence-electron chi connectivity index (χ0n) is 19.2. The number of allylic oxidation sites excluding steroid dienone is 3. The van der Waals surface area contributed by atoms with Crippen LogP contribution in [0.1, 0.15) is 56.2 Å². The predicted octanol–water partition coefficient (Wildman–Crippen LogP) is 6.20. The van der Waals surface area contributed by atoms with Crippen LogP contribution in [0.2, 0.25) is 5.02 Å². The lowest BCUT2D eigenvalue weighted by Crippen LogP contribution is -2.39. The average Bonchev–Trinajstić information content (AvgIpc) is 2.68. The number of rotatable bonds is 3. The van der Waals surface area contributed by atoms with Crippen LogP contribution in [0.5, 0.6) is 0 Å². The molecule has 0 saturated carbocycles. The quantitative estimate of drug-likeness (QED) is 0.587. The Labute approximate surface area is 194 Å². The molecule has 0 radical (unpaired) electrons. The predicted molar refractivity (Wildman–Crippen MR) is 130 cm³/mol. The fourth-order valence-electron chi connectivity index (χ4n) is 4.87. The van der Waals surface area contributed by atoms with Crippen LogP contribution in [0.25, 0.3) is 0 Å². The second-order valence-electron chi connectivity index (χ2n) is 9.75. The van der Waals surface area contributed by atoms with Crippen LogP contribution >= 0.6 is 11.6 Å². The standard InChI is InChI=1S/C27H29ClN2O2/c1-15-6-11-20(16(2)12-15)30-26(32)23-17(3)29-21-13-27(4,5)14-22(31)25(21)24(23)18-7-9-19(28)10-8-18/h6-12,24,29H,13-14H2,1-5H3,(H,30,32)/t24-/m1/s1. The third-order valence-electron chi connectivity index (χ3n) is 6.32. The Hall–Kier alpha value is -2.85. The minimum absolute atomic E-state index is 0.0908. The van der Waals surface area contributed by atoms with Gasteiger partial charge in [-0.15, -0.1) is 0 Å². The summed E-state index contributed by atoms with van der Waals surface area (Å²) in [5.41, 5.74) is 6.64. The highest BCUT2D eigenvalue weighted by molar-refractivity contribution is 6.30. The molecule has 1 aliphatic heterocycles. The highest BCUT2D eigenvalue weighted by atomic mass is 35.5.